The van der Waals surface area contributed by atoms with Gasteiger partial charge in [-0.15, -0.1) is 0 Å². The van der Waals surface area contributed by atoms with Gasteiger partial charge in [0, 0.05) is 12.0 Å². The summed E-state index contributed by atoms with van der Waals surface area (Å²) in [5, 5.41) is 0. The van der Waals surface area contributed by atoms with Crippen molar-refractivity contribution < 1.29 is 8.42 Å². The van der Waals surface area contributed by atoms with Crippen molar-refractivity contribution >= 4 is 9.84 Å². The van der Waals surface area contributed by atoms with Gasteiger partial charge in [-0.3, -0.25) is 0 Å². The molecule has 0 amide bonds. The number of allylic oxidation sites excluding steroid dienone is 3. The third-order valence-corrected chi connectivity index (χ3v) is 2.50. The molecule has 0 aromatic heterocycles. The predicted molar refractivity (Wildman–Crippen MR) is 49.3 cm³/mol. The molecular formula is C8H13NO2S. The Balaban J connectivity index is 2.72. The minimum absolute atomic E-state index is 0.105. The van der Waals surface area contributed by atoms with Gasteiger partial charge in [0.25, 0.3) is 0 Å². The van der Waals surface area contributed by atoms with Crippen LogP contribution < -0.4 is 5.73 Å². The molecule has 0 bridgehead atoms. The molecule has 0 unspecified atom stereocenters. The van der Waals surface area contributed by atoms with Crippen LogP contribution >= 0.6 is 0 Å². The second kappa shape index (κ2) is 3.31. The zero-order valence-electron chi connectivity index (χ0n) is 7.08. The zero-order chi connectivity index (χ0) is 9.19. The van der Waals surface area contributed by atoms with Crippen molar-refractivity contribution in [3.63, 3.8) is 0 Å². The van der Waals surface area contributed by atoms with E-state index in [-0.39, 0.29) is 5.75 Å². The first-order valence-electron chi connectivity index (χ1n) is 3.80. The minimum atomic E-state index is -2.92. The summed E-state index contributed by atoms with van der Waals surface area (Å²) >= 11 is 0. The Hall–Kier alpha value is -0.770. The van der Waals surface area contributed by atoms with E-state index in [1.165, 1.54) is 6.26 Å². The second-order valence-corrected chi connectivity index (χ2v) is 5.25. The number of hydrogen-bond donors (Lipinski definition) is 1. The summed E-state index contributed by atoms with van der Waals surface area (Å²) in [6.45, 7) is 0. The molecule has 12 heavy (non-hydrogen) atoms. The van der Waals surface area contributed by atoms with Crippen molar-refractivity contribution in [3.8, 4) is 0 Å². The highest BCUT2D eigenvalue weighted by atomic mass is 32.2. The maximum Gasteiger partial charge on any atom is 0.151 e. The van der Waals surface area contributed by atoms with E-state index in [0.29, 0.717) is 0 Å². The van der Waals surface area contributed by atoms with Gasteiger partial charge in [-0.2, -0.15) is 0 Å². The van der Waals surface area contributed by atoms with Crippen molar-refractivity contribution in [1.29, 1.82) is 0 Å². The lowest BCUT2D eigenvalue weighted by Gasteiger charge is -2.08. The van der Waals surface area contributed by atoms with Gasteiger partial charge < -0.3 is 5.73 Å². The summed E-state index contributed by atoms with van der Waals surface area (Å²) in [5.74, 6) is 0.105. The van der Waals surface area contributed by atoms with E-state index in [1.54, 1.807) is 6.08 Å². The third-order valence-electron chi connectivity index (χ3n) is 1.64. The van der Waals surface area contributed by atoms with Crippen molar-refractivity contribution in [2.45, 2.75) is 12.8 Å². The van der Waals surface area contributed by atoms with E-state index in [0.717, 1.165) is 24.1 Å². The molecule has 1 aliphatic carbocycles. The van der Waals surface area contributed by atoms with Crippen LogP contribution in [-0.4, -0.2) is 20.4 Å². The molecule has 0 saturated carbocycles. The Morgan fingerprint density at radius 2 is 2.25 bits per heavy atom. The molecule has 0 radical (unpaired) electrons. The summed E-state index contributed by atoms with van der Waals surface area (Å²) in [7, 11) is -2.92. The highest BCUT2D eigenvalue weighted by Crippen LogP contribution is 2.14. The molecule has 3 nitrogen and oxygen atoms in total. The number of sulfone groups is 1. The SMILES string of the molecule is CS(=O)(=O)CC1=CCCC(N)=C1. The van der Waals surface area contributed by atoms with Gasteiger partial charge in [-0.05, 0) is 24.5 Å². The van der Waals surface area contributed by atoms with Crippen LogP contribution in [0.2, 0.25) is 0 Å². The average Bonchev–Trinajstić information content (AvgIpc) is 1.82. The fourth-order valence-corrected chi connectivity index (χ4v) is 2.00. The van der Waals surface area contributed by atoms with Crippen LogP contribution in [0.1, 0.15) is 12.8 Å². The minimum Gasteiger partial charge on any atom is -0.402 e. The van der Waals surface area contributed by atoms with Crippen LogP contribution in [0, 0.1) is 0 Å². The van der Waals surface area contributed by atoms with Crippen molar-refractivity contribution in [3.05, 3.63) is 23.4 Å². The first kappa shape index (κ1) is 9.32. The molecule has 68 valence electrons. The third kappa shape index (κ3) is 3.09. The summed E-state index contributed by atoms with van der Waals surface area (Å²) < 4.78 is 21.8. The lowest BCUT2D eigenvalue weighted by molar-refractivity contribution is 0.604. The molecular weight excluding hydrogens is 174 g/mol. The van der Waals surface area contributed by atoms with E-state index in [1.807, 2.05) is 6.08 Å². The molecule has 0 aliphatic heterocycles. The first-order valence-corrected chi connectivity index (χ1v) is 5.86. The van der Waals surface area contributed by atoms with E-state index in [9.17, 15) is 8.42 Å². The van der Waals surface area contributed by atoms with E-state index >= 15 is 0 Å². The molecule has 0 aromatic rings. The second-order valence-electron chi connectivity index (χ2n) is 3.11. The van der Waals surface area contributed by atoms with Crippen LogP contribution in [0.3, 0.4) is 0 Å². The quantitative estimate of drug-likeness (QED) is 0.688. The molecule has 0 fully saturated rings. The topological polar surface area (TPSA) is 60.2 Å². The van der Waals surface area contributed by atoms with E-state index in [4.69, 9.17) is 5.73 Å². The van der Waals surface area contributed by atoms with Gasteiger partial charge >= 0.3 is 0 Å². The average molecular weight is 187 g/mol. The van der Waals surface area contributed by atoms with Crippen molar-refractivity contribution in [1.82, 2.24) is 0 Å². The Labute approximate surface area is 72.9 Å². The molecule has 1 rings (SSSR count). The normalized spacial score (nSPS) is 18.4. The van der Waals surface area contributed by atoms with Crippen LogP contribution in [0.25, 0.3) is 0 Å². The molecule has 0 saturated heterocycles. The van der Waals surface area contributed by atoms with Gasteiger partial charge in [0.1, 0.15) is 0 Å². The highest BCUT2D eigenvalue weighted by Gasteiger charge is 2.08. The monoisotopic (exact) mass is 187 g/mol. The van der Waals surface area contributed by atoms with Crippen LogP contribution in [0.5, 0.6) is 0 Å². The van der Waals surface area contributed by atoms with Gasteiger partial charge in [0.15, 0.2) is 9.84 Å². The van der Waals surface area contributed by atoms with Crippen LogP contribution in [-0.2, 0) is 9.84 Å². The van der Waals surface area contributed by atoms with E-state index in [2.05, 4.69) is 0 Å². The molecule has 2 N–H and O–H groups in total. The van der Waals surface area contributed by atoms with Crippen molar-refractivity contribution in [2.24, 2.45) is 5.73 Å². The molecule has 0 heterocycles. The molecule has 4 heteroatoms. The number of rotatable bonds is 2. The van der Waals surface area contributed by atoms with Crippen LogP contribution in [0.4, 0.5) is 0 Å². The molecule has 0 atom stereocenters. The molecule has 1 aliphatic rings. The fourth-order valence-electron chi connectivity index (χ4n) is 1.20. The number of nitrogens with two attached hydrogens (primary N) is 1. The highest BCUT2D eigenvalue weighted by molar-refractivity contribution is 7.90. The van der Waals surface area contributed by atoms with Crippen LogP contribution in [0.15, 0.2) is 23.4 Å². The smallest absolute Gasteiger partial charge is 0.151 e. The molecule has 0 spiro atoms. The van der Waals surface area contributed by atoms with Gasteiger partial charge in [-0.1, -0.05) is 6.08 Å². The maximum absolute atomic E-state index is 10.9. The Bertz CT molecular complexity index is 325. The Kier molecular flexibility index (Phi) is 2.57. The fraction of sp³-hybridized carbons (Fsp3) is 0.500. The summed E-state index contributed by atoms with van der Waals surface area (Å²) in [4.78, 5) is 0. The standard InChI is InChI=1S/C8H13NO2S/c1-12(10,11)6-7-3-2-4-8(9)5-7/h3,5H,2,4,6,9H2,1H3. The maximum atomic E-state index is 10.9. The summed E-state index contributed by atoms with van der Waals surface area (Å²) in [6, 6.07) is 0. The number of hydrogen-bond acceptors (Lipinski definition) is 3. The summed E-state index contributed by atoms with van der Waals surface area (Å²) in [6.07, 6.45) is 6.61. The summed E-state index contributed by atoms with van der Waals surface area (Å²) in [5.41, 5.74) is 7.16. The zero-order valence-corrected chi connectivity index (χ0v) is 7.89. The Morgan fingerprint density at radius 3 is 2.75 bits per heavy atom. The Morgan fingerprint density at radius 1 is 1.58 bits per heavy atom. The lowest BCUT2D eigenvalue weighted by atomic mass is 10.1. The first-order chi connectivity index (χ1) is 5.47. The van der Waals surface area contributed by atoms with Gasteiger partial charge in [-0.25, -0.2) is 8.42 Å². The predicted octanol–water partition coefficient (Wildman–Crippen LogP) is 0.594. The molecule has 0 aromatic carbocycles. The largest absolute Gasteiger partial charge is 0.402 e. The van der Waals surface area contributed by atoms with Gasteiger partial charge in [0.2, 0.25) is 0 Å². The van der Waals surface area contributed by atoms with E-state index < -0.39 is 9.84 Å². The van der Waals surface area contributed by atoms with Gasteiger partial charge in [0.05, 0.1) is 5.75 Å². The lowest BCUT2D eigenvalue weighted by Crippen LogP contribution is -2.09. The van der Waals surface area contributed by atoms with Crippen molar-refractivity contribution in [2.75, 3.05) is 12.0 Å².